The van der Waals surface area contributed by atoms with Crippen LogP contribution >= 0.6 is 15.9 Å². The molecule has 1 atom stereocenters. The zero-order valence-electron chi connectivity index (χ0n) is 7.17. The highest BCUT2D eigenvalue weighted by Gasteiger charge is 2.25. The number of halogens is 1. The second kappa shape index (κ2) is 3.20. The van der Waals surface area contributed by atoms with Gasteiger partial charge in [0.15, 0.2) is 0 Å². The van der Waals surface area contributed by atoms with E-state index in [0.717, 1.165) is 21.5 Å². The van der Waals surface area contributed by atoms with Crippen LogP contribution in [-0.4, -0.2) is 18.8 Å². The first-order valence-corrected chi connectivity index (χ1v) is 4.81. The Morgan fingerprint density at radius 3 is 3.08 bits per heavy atom. The number of β-amino-alcohol motifs (C(OH)–C–C–N with tert-alkyl or cyclic N) is 1. The molecule has 0 aromatic heterocycles. The first-order valence-electron chi connectivity index (χ1n) is 4.02. The quantitative estimate of drug-likeness (QED) is 0.792. The number of fused-ring (bicyclic) bond motifs is 1. The van der Waals surface area contributed by atoms with E-state index in [2.05, 4.69) is 21.2 Å². The van der Waals surface area contributed by atoms with Crippen molar-refractivity contribution in [3.8, 4) is 5.75 Å². The molecule has 2 rings (SSSR count). The Bertz CT molecular complexity index is 341. The highest BCUT2D eigenvalue weighted by Crippen LogP contribution is 2.41. The number of anilines is 1. The van der Waals surface area contributed by atoms with Gasteiger partial charge in [-0.2, -0.15) is 0 Å². The van der Waals surface area contributed by atoms with E-state index < -0.39 is 6.10 Å². The summed E-state index contributed by atoms with van der Waals surface area (Å²) in [5, 5.41) is 12.8. The number of ether oxygens (including phenoxy) is 1. The maximum atomic E-state index is 9.65. The Morgan fingerprint density at radius 1 is 1.62 bits per heavy atom. The minimum Gasteiger partial charge on any atom is -0.496 e. The number of methoxy groups -OCH3 is 1. The number of aliphatic hydroxyl groups is 1. The second-order valence-corrected chi connectivity index (χ2v) is 3.79. The van der Waals surface area contributed by atoms with Crippen LogP contribution in [0.5, 0.6) is 5.75 Å². The zero-order chi connectivity index (χ0) is 9.42. The number of rotatable bonds is 1. The maximum absolute atomic E-state index is 9.65. The first kappa shape index (κ1) is 8.84. The van der Waals surface area contributed by atoms with Crippen molar-refractivity contribution in [2.45, 2.75) is 6.10 Å². The molecule has 2 N–H and O–H groups in total. The van der Waals surface area contributed by atoms with Crippen molar-refractivity contribution in [1.82, 2.24) is 0 Å². The van der Waals surface area contributed by atoms with Crippen LogP contribution in [0.4, 0.5) is 5.69 Å². The summed E-state index contributed by atoms with van der Waals surface area (Å²) in [7, 11) is 1.61. The molecule has 0 fully saturated rings. The van der Waals surface area contributed by atoms with Gasteiger partial charge >= 0.3 is 0 Å². The van der Waals surface area contributed by atoms with Crippen molar-refractivity contribution in [3.05, 3.63) is 22.2 Å². The first-order chi connectivity index (χ1) is 6.24. The molecule has 0 radical (unpaired) electrons. The molecule has 0 amide bonds. The van der Waals surface area contributed by atoms with Crippen LogP contribution in [0.2, 0.25) is 0 Å². The van der Waals surface area contributed by atoms with Gasteiger partial charge in [-0.05, 0) is 28.1 Å². The summed E-state index contributed by atoms with van der Waals surface area (Å²) in [6, 6.07) is 3.75. The lowest BCUT2D eigenvalue weighted by molar-refractivity contribution is 0.195. The third-order valence-electron chi connectivity index (χ3n) is 2.18. The fraction of sp³-hybridized carbons (Fsp3) is 0.333. The highest BCUT2D eigenvalue weighted by molar-refractivity contribution is 9.10. The number of benzene rings is 1. The molecule has 0 saturated heterocycles. The molecule has 0 spiro atoms. The van der Waals surface area contributed by atoms with Crippen molar-refractivity contribution in [3.63, 3.8) is 0 Å². The number of nitrogens with one attached hydrogen (secondary N) is 1. The summed E-state index contributed by atoms with van der Waals surface area (Å²) in [6.07, 6.45) is -0.470. The van der Waals surface area contributed by atoms with Gasteiger partial charge < -0.3 is 15.2 Å². The van der Waals surface area contributed by atoms with E-state index in [4.69, 9.17) is 4.74 Å². The lowest BCUT2D eigenvalue weighted by Gasteiger charge is -2.09. The number of hydrogen-bond acceptors (Lipinski definition) is 3. The molecule has 1 aromatic carbocycles. The molecular weight excluding hydrogens is 234 g/mol. The van der Waals surface area contributed by atoms with Gasteiger partial charge in [0.2, 0.25) is 0 Å². The van der Waals surface area contributed by atoms with Crippen LogP contribution in [0, 0.1) is 0 Å². The molecular formula is C9H10BrNO2. The van der Waals surface area contributed by atoms with E-state index in [-0.39, 0.29) is 0 Å². The molecule has 0 unspecified atom stereocenters. The minimum atomic E-state index is -0.470. The molecule has 3 nitrogen and oxygen atoms in total. The Labute approximate surface area is 84.8 Å². The lowest BCUT2D eigenvalue weighted by atomic mass is 10.1. The molecule has 1 aliphatic heterocycles. The van der Waals surface area contributed by atoms with Gasteiger partial charge in [0, 0.05) is 16.6 Å². The summed E-state index contributed by atoms with van der Waals surface area (Å²) >= 11 is 3.41. The monoisotopic (exact) mass is 243 g/mol. The molecule has 4 heteroatoms. The summed E-state index contributed by atoms with van der Waals surface area (Å²) in [5.74, 6) is 0.732. The summed E-state index contributed by atoms with van der Waals surface area (Å²) in [5.41, 5.74) is 1.78. The topological polar surface area (TPSA) is 41.5 Å². The van der Waals surface area contributed by atoms with Crippen LogP contribution in [0.1, 0.15) is 11.7 Å². The number of hydrogen-bond donors (Lipinski definition) is 2. The van der Waals surface area contributed by atoms with E-state index in [0.29, 0.717) is 6.54 Å². The van der Waals surface area contributed by atoms with Gasteiger partial charge in [0.05, 0.1) is 12.8 Å². The van der Waals surface area contributed by atoms with Gasteiger partial charge in [0.25, 0.3) is 0 Å². The van der Waals surface area contributed by atoms with Crippen LogP contribution in [0.3, 0.4) is 0 Å². The summed E-state index contributed by atoms with van der Waals surface area (Å²) < 4.78 is 6.12. The zero-order valence-corrected chi connectivity index (χ0v) is 8.76. The SMILES string of the molecule is COc1ccc(Br)c2c1[C@@H](O)CN2. The molecule has 70 valence electrons. The van der Waals surface area contributed by atoms with Gasteiger partial charge in [0.1, 0.15) is 11.9 Å². The van der Waals surface area contributed by atoms with Crippen molar-refractivity contribution >= 4 is 21.6 Å². The highest BCUT2D eigenvalue weighted by atomic mass is 79.9. The fourth-order valence-electron chi connectivity index (χ4n) is 1.56. The van der Waals surface area contributed by atoms with E-state index in [1.54, 1.807) is 7.11 Å². The van der Waals surface area contributed by atoms with Crippen LogP contribution in [0.25, 0.3) is 0 Å². The van der Waals surface area contributed by atoms with Gasteiger partial charge in [-0.25, -0.2) is 0 Å². The average Bonchev–Trinajstić information content (AvgIpc) is 2.51. The van der Waals surface area contributed by atoms with Crippen molar-refractivity contribution in [1.29, 1.82) is 0 Å². The van der Waals surface area contributed by atoms with E-state index in [9.17, 15) is 5.11 Å². The normalized spacial score (nSPS) is 19.5. The van der Waals surface area contributed by atoms with Crippen molar-refractivity contribution in [2.24, 2.45) is 0 Å². The Morgan fingerprint density at radius 2 is 2.38 bits per heavy atom. The minimum absolute atomic E-state index is 0.470. The summed E-state index contributed by atoms with van der Waals surface area (Å²) in [6.45, 7) is 0.550. The molecule has 1 heterocycles. The molecule has 0 aliphatic carbocycles. The van der Waals surface area contributed by atoms with Crippen LogP contribution < -0.4 is 10.1 Å². The molecule has 13 heavy (non-hydrogen) atoms. The van der Waals surface area contributed by atoms with Gasteiger partial charge in [-0.3, -0.25) is 0 Å². The Kier molecular flexibility index (Phi) is 2.17. The predicted octanol–water partition coefficient (Wildman–Crippen LogP) is 1.92. The second-order valence-electron chi connectivity index (χ2n) is 2.94. The average molecular weight is 244 g/mol. The third-order valence-corrected chi connectivity index (χ3v) is 2.84. The van der Waals surface area contributed by atoms with Gasteiger partial charge in [-0.1, -0.05) is 0 Å². The third kappa shape index (κ3) is 1.30. The van der Waals surface area contributed by atoms with Crippen LogP contribution in [0.15, 0.2) is 16.6 Å². The smallest absolute Gasteiger partial charge is 0.126 e. The Balaban J connectivity index is 2.60. The molecule has 0 bridgehead atoms. The van der Waals surface area contributed by atoms with E-state index >= 15 is 0 Å². The molecule has 0 saturated carbocycles. The lowest BCUT2D eigenvalue weighted by Crippen LogP contribution is -2.00. The predicted molar refractivity (Wildman–Crippen MR) is 54.1 cm³/mol. The summed E-state index contributed by atoms with van der Waals surface area (Å²) in [4.78, 5) is 0. The standard InChI is InChI=1S/C9H10BrNO2/c1-13-7-3-2-5(10)9-8(7)6(12)4-11-9/h2-3,6,11-12H,4H2,1H3/t6-/m0/s1. The van der Waals surface area contributed by atoms with E-state index in [1.165, 1.54) is 0 Å². The van der Waals surface area contributed by atoms with Crippen molar-refractivity contribution in [2.75, 3.05) is 19.0 Å². The Hall–Kier alpha value is -0.740. The largest absolute Gasteiger partial charge is 0.496 e. The number of aliphatic hydroxyl groups excluding tert-OH is 1. The van der Waals surface area contributed by atoms with Crippen molar-refractivity contribution < 1.29 is 9.84 Å². The van der Waals surface area contributed by atoms with Crippen LogP contribution in [-0.2, 0) is 0 Å². The fourth-order valence-corrected chi connectivity index (χ4v) is 2.05. The van der Waals surface area contributed by atoms with E-state index in [1.807, 2.05) is 12.1 Å². The maximum Gasteiger partial charge on any atom is 0.126 e. The molecule has 1 aromatic rings. The van der Waals surface area contributed by atoms with Gasteiger partial charge in [-0.15, -0.1) is 0 Å². The molecule has 1 aliphatic rings.